The predicted octanol–water partition coefficient (Wildman–Crippen LogP) is 10.7. The normalized spacial score (nSPS) is 25.1. The molecular weight excluding hydrogens is 410 g/mol. The third-order valence-electron chi connectivity index (χ3n) is 10.4. The maximum absolute atomic E-state index is 3.89. The first-order valence-corrected chi connectivity index (χ1v) is 16.3. The topological polar surface area (TPSA) is 12.0 Å². The van der Waals surface area contributed by atoms with Crippen molar-refractivity contribution in [3.8, 4) is 0 Å². The minimum atomic E-state index is 0.590. The Morgan fingerprint density at radius 1 is 0.735 bits per heavy atom. The van der Waals surface area contributed by atoms with Crippen LogP contribution in [0, 0.1) is 29.1 Å². The van der Waals surface area contributed by atoms with Crippen molar-refractivity contribution in [2.75, 3.05) is 6.54 Å². The number of hydrogen-bond donors (Lipinski definition) is 1. The van der Waals surface area contributed by atoms with Gasteiger partial charge in [-0.2, -0.15) is 0 Å². The molecule has 1 nitrogen and oxygen atoms in total. The van der Waals surface area contributed by atoms with Gasteiger partial charge in [-0.3, -0.25) is 0 Å². The van der Waals surface area contributed by atoms with Gasteiger partial charge >= 0.3 is 0 Å². The van der Waals surface area contributed by atoms with Gasteiger partial charge in [0.15, 0.2) is 0 Å². The Kier molecular flexibility index (Phi) is 15.5. The molecular formula is C33H65N. The highest BCUT2D eigenvalue weighted by Crippen LogP contribution is 2.52. The summed E-state index contributed by atoms with van der Waals surface area (Å²) >= 11 is 0. The standard InChI is InChI=1S/C33H65N/c1-6-10-12-13-14-15-16-18-22-31(29-23-24-32-30(26-29)21-19-25-34-32)33(8-3,9-4)27-28(5)20-17-11-7-2/h28-32,34H,6-27H2,1-5H3. The number of rotatable bonds is 19. The molecule has 2 rings (SSSR count). The van der Waals surface area contributed by atoms with Crippen LogP contribution in [0.15, 0.2) is 0 Å². The average molecular weight is 476 g/mol. The first-order chi connectivity index (χ1) is 16.6. The Balaban J connectivity index is 2.02. The SMILES string of the molecule is CCCCCCCCCCC(C1CCC2NCCCC2C1)C(CC)(CC)CC(C)CCCCC. The molecule has 0 spiro atoms. The Morgan fingerprint density at radius 2 is 1.35 bits per heavy atom. The summed E-state index contributed by atoms with van der Waals surface area (Å²) in [5.74, 6) is 3.84. The first-order valence-electron chi connectivity index (χ1n) is 16.3. The molecule has 1 saturated carbocycles. The largest absolute Gasteiger partial charge is 0.314 e. The van der Waals surface area contributed by atoms with E-state index in [1.54, 1.807) is 0 Å². The number of piperidine rings is 1. The summed E-state index contributed by atoms with van der Waals surface area (Å²) < 4.78 is 0. The quantitative estimate of drug-likeness (QED) is 0.183. The van der Waals surface area contributed by atoms with E-state index in [-0.39, 0.29) is 0 Å². The van der Waals surface area contributed by atoms with E-state index in [0.29, 0.717) is 5.41 Å². The van der Waals surface area contributed by atoms with Crippen LogP contribution in [-0.2, 0) is 0 Å². The molecule has 0 bridgehead atoms. The lowest BCUT2D eigenvalue weighted by Gasteiger charge is -2.50. The minimum Gasteiger partial charge on any atom is -0.314 e. The Labute approximate surface area is 216 Å². The summed E-state index contributed by atoms with van der Waals surface area (Å²) in [6.07, 6.45) is 30.6. The molecule has 1 heteroatoms. The summed E-state index contributed by atoms with van der Waals surface area (Å²) in [5, 5.41) is 3.89. The highest BCUT2D eigenvalue weighted by atomic mass is 14.9. The second-order valence-corrected chi connectivity index (χ2v) is 12.8. The van der Waals surface area contributed by atoms with Gasteiger partial charge in [0.1, 0.15) is 0 Å². The highest BCUT2D eigenvalue weighted by molar-refractivity contribution is 4.95. The summed E-state index contributed by atoms with van der Waals surface area (Å²) in [6.45, 7) is 13.6. The highest BCUT2D eigenvalue weighted by Gasteiger charge is 2.43. The molecule has 0 aromatic rings. The Bertz CT molecular complexity index is 481. The van der Waals surface area contributed by atoms with Gasteiger partial charge in [-0.1, -0.05) is 125 Å². The van der Waals surface area contributed by atoms with Crippen molar-refractivity contribution >= 4 is 0 Å². The minimum absolute atomic E-state index is 0.590. The van der Waals surface area contributed by atoms with Crippen LogP contribution < -0.4 is 5.32 Å². The zero-order valence-corrected chi connectivity index (χ0v) is 24.4. The molecule has 2 aliphatic rings. The predicted molar refractivity (Wildman–Crippen MR) is 154 cm³/mol. The molecule has 1 heterocycles. The Hall–Kier alpha value is -0.0400. The zero-order valence-electron chi connectivity index (χ0n) is 24.4. The lowest BCUT2D eigenvalue weighted by atomic mass is 9.57. The van der Waals surface area contributed by atoms with E-state index < -0.39 is 0 Å². The molecule has 1 N–H and O–H groups in total. The van der Waals surface area contributed by atoms with E-state index >= 15 is 0 Å². The van der Waals surface area contributed by atoms with Gasteiger partial charge in [0.25, 0.3) is 0 Å². The zero-order chi connectivity index (χ0) is 24.7. The molecule has 202 valence electrons. The van der Waals surface area contributed by atoms with Crippen molar-refractivity contribution in [1.29, 1.82) is 0 Å². The molecule has 0 amide bonds. The van der Waals surface area contributed by atoms with Crippen LogP contribution in [0.3, 0.4) is 0 Å². The van der Waals surface area contributed by atoms with Crippen molar-refractivity contribution in [1.82, 2.24) is 5.32 Å². The Morgan fingerprint density at radius 3 is 2.03 bits per heavy atom. The van der Waals surface area contributed by atoms with Crippen molar-refractivity contribution in [2.24, 2.45) is 29.1 Å². The van der Waals surface area contributed by atoms with Gasteiger partial charge in [-0.25, -0.2) is 0 Å². The van der Waals surface area contributed by atoms with Crippen molar-refractivity contribution in [3.05, 3.63) is 0 Å². The summed E-state index contributed by atoms with van der Waals surface area (Å²) in [5.41, 5.74) is 0.590. The van der Waals surface area contributed by atoms with Gasteiger partial charge in [-0.15, -0.1) is 0 Å². The maximum Gasteiger partial charge on any atom is 0.00955 e. The fourth-order valence-electron chi connectivity index (χ4n) is 8.20. The lowest BCUT2D eigenvalue weighted by Crippen LogP contribution is -2.47. The molecule has 5 atom stereocenters. The molecule has 0 radical (unpaired) electrons. The molecule has 1 aliphatic carbocycles. The molecule has 2 fully saturated rings. The van der Waals surface area contributed by atoms with Crippen LogP contribution in [0.1, 0.15) is 169 Å². The summed E-state index contributed by atoms with van der Waals surface area (Å²) in [4.78, 5) is 0. The fraction of sp³-hybridized carbons (Fsp3) is 1.00. The second-order valence-electron chi connectivity index (χ2n) is 12.8. The van der Waals surface area contributed by atoms with E-state index in [1.165, 1.54) is 141 Å². The van der Waals surface area contributed by atoms with Gasteiger partial charge in [0, 0.05) is 6.04 Å². The summed E-state index contributed by atoms with van der Waals surface area (Å²) in [6, 6.07) is 0.847. The van der Waals surface area contributed by atoms with Crippen molar-refractivity contribution in [2.45, 2.75) is 175 Å². The van der Waals surface area contributed by atoms with Crippen molar-refractivity contribution < 1.29 is 0 Å². The van der Waals surface area contributed by atoms with Crippen LogP contribution in [0.25, 0.3) is 0 Å². The van der Waals surface area contributed by atoms with Crippen LogP contribution in [0.2, 0.25) is 0 Å². The van der Waals surface area contributed by atoms with E-state index in [9.17, 15) is 0 Å². The van der Waals surface area contributed by atoms with E-state index in [2.05, 4.69) is 39.9 Å². The van der Waals surface area contributed by atoms with Crippen LogP contribution in [0.4, 0.5) is 0 Å². The first kappa shape index (κ1) is 30.2. The number of nitrogens with one attached hydrogen (secondary N) is 1. The van der Waals surface area contributed by atoms with Gasteiger partial charge in [0.05, 0.1) is 0 Å². The molecule has 0 aromatic heterocycles. The maximum atomic E-state index is 3.89. The smallest absolute Gasteiger partial charge is 0.00955 e. The van der Waals surface area contributed by atoms with Gasteiger partial charge in [-0.05, 0) is 80.6 Å². The summed E-state index contributed by atoms with van der Waals surface area (Å²) in [7, 11) is 0. The van der Waals surface area contributed by atoms with E-state index in [0.717, 1.165) is 29.7 Å². The van der Waals surface area contributed by atoms with E-state index in [4.69, 9.17) is 0 Å². The number of unbranched alkanes of at least 4 members (excludes halogenated alkanes) is 9. The second kappa shape index (κ2) is 17.4. The molecule has 1 aliphatic heterocycles. The molecule has 34 heavy (non-hydrogen) atoms. The van der Waals surface area contributed by atoms with Gasteiger partial charge < -0.3 is 5.32 Å². The fourth-order valence-corrected chi connectivity index (χ4v) is 8.20. The molecule has 5 unspecified atom stereocenters. The third kappa shape index (κ3) is 9.78. The lowest BCUT2D eigenvalue weighted by molar-refractivity contribution is 0.0126. The van der Waals surface area contributed by atoms with Crippen LogP contribution in [-0.4, -0.2) is 12.6 Å². The average Bonchev–Trinajstić information content (AvgIpc) is 2.86. The van der Waals surface area contributed by atoms with Crippen LogP contribution >= 0.6 is 0 Å². The molecule has 0 aromatic carbocycles. The third-order valence-corrected chi connectivity index (χ3v) is 10.4. The molecule has 1 saturated heterocycles. The number of hydrogen-bond acceptors (Lipinski definition) is 1. The van der Waals surface area contributed by atoms with E-state index in [1.807, 2.05) is 0 Å². The number of fused-ring (bicyclic) bond motifs is 1. The van der Waals surface area contributed by atoms with Crippen LogP contribution in [0.5, 0.6) is 0 Å². The monoisotopic (exact) mass is 476 g/mol. The van der Waals surface area contributed by atoms with Crippen molar-refractivity contribution in [3.63, 3.8) is 0 Å². The van der Waals surface area contributed by atoms with Gasteiger partial charge in [0.2, 0.25) is 0 Å².